The van der Waals surface area contributed by atoms with Crippen LogP contribution in [0.5, 0.6) is 0 Å². The van der Waals surface area contributed by atoms with Crippen LogP contribution in [0, 0.1) is 0 Å². The molecule has 0 saturated carbocycles. The molecule has 2 fully saturated rings. The lowest BCUT2D eigenvalue weighted by molar-refractivity contribution is -0.139. The summed E-state index contributed by atoms with van der Waals surface area (Å²) in [6.07, 6.45) is 0.375. The van der Waals surface area contributed by atoms with Gasteiger partial charge in [-0.05, 0) is 15.4 Å². The third-order valence-electron chi connectivity index (χ3n) is 5.94. The van der Waals surface area contributed by atoms with E-state index in [2.05, 4.69) is 69.3 Å². The van der Waals surface area contributed by atoms with Gasteiger partial charge in [-0.15, -0.1) is 0 Å². The molecule has 1 atom stereocenters. The van der Waals surface area contributed by atoms with E-state index in [9.17, 15) is 4.79 Å². The number of nitrogens with zero attached hydrogens (tertiary/aromatic N) is 1. The first-order chi connectivity index (χ1) is 13.4. The zero-order chi connectivity index (χ0) is 19.8. The van der Waals surface area contributed by atoms with Crippen molar-refractivity contribution in [1.29, 1.82) is 0 Å². The van der Waals surface area contributed by atoms with Gasteiger partial charge in [0.2, 0.25) is 5.91 Å². The number of hydrogen-bond donors (Lipinski definition) is 0. The Morgan fingerprint density at radius 3 is 1.93 bits per heavy atom. The number of ether oxygens (including phenoxy) is 1. The minimum absolute atomic E-state index is 0.0776. The largest absolute Gasteiger partial charge is 0.402 e. The Morgan fingerprint density at radius 2 is 1.50 bits per heavy atom. The van der Waals surface area contributed by atoms with Gasteiger partial charge in [0, 0.05) is 6.54 Å². The number of amides is 1. The van der Waals surface area contributed by atoms with Crippen LogP contribution < -0.4 is 10.4 Å². The molecule has 2 aromatic rings. The van der Waals surface area contributed by atoms with E-state index < -0.39 is 8.32 Å². The summed E-state index contributed by atoms with van der Waals surface area (Å²) in [6, 6.07) is 21.5. The molecule has 2 heterocycles. The Balaban J connectivity index is 1.74. The molecule has 4 rings (SSSR count). The van der Waals surface area contributed by atoms with E-state index >= 15 is 0 Å². The van der Waals surface area contributed by atoms with Crippen molar-refractivity contribution in [3.8, 4) is 0 Å². The second-order valence-corrected chi connectivity index (χ2v) is 13.1. The molecule has 28 heavy (non-hydrogen) atoms. The van der Waals surface area contributed by atoms with Crippen LogP contribution in [0.15, 0.2) is 60.7 Å². The van der Waals surface area contributed by atoms with E-state index in [0.29, 0.717) is 26.2 Å². The van der Waals surface area contributed by atoms with Crippen LogP contribution >= 0.6 is 0 Å². The molecule has 2 aliphatic heterocycles. The van der Waals surface area contributed by atoms with Gasteiger partial charge in [-0.3, -0.25) is 4.79 Å². The fourth-order valence-electron chi connectivity index (χ4n) is 4.47. The van der Waals surface area contributed by atoms with Crippen LogP contribution in [0.25, 0.3) is 0 Å². The van der Waals surface area contributed by atoms with Gasteiger partial charge in [0.15, 0.2) is 0 Å². The van der Waals surface area contributed by atoms with Crippen molar-refractivity contribution in [1.82, 2.24) is 4.90 Å². The van der Waals surface area contributed by atoms with Gasteiger partial charge in [0.1, 0.15) is 0 Å². The fraction of sp³-hybridized carbons (Fsp3) is 0.435. The third-order valence-corrected chi connectivity index (χ3v) is 11.0. The molecule has 2 saturated heterocycles. The summed E-state index contributed by atoms with van der Waals surface area (Å²) in [5.74, 6) is 0.191. The average Bonchev–Trinajstić information content (AvgIpc) is 2.98. The van der Waals surface area contributed by atoms with Crippen LogP contribution in [0.3, 0.4) is 0 Å². The monoisotopic (exact) mass is 395 g/mol. The lowest BCUT2D eigenvalue weighted by atomic mass is 10.2. The van der Waals surface area contributed by atoms with E-state index in [4.69, 9.17) is 9.16 Å². The zero-order valence-corrected chi connectivity index (χ0v) is 17.9. The van der Waals surface area contributed by atoms with Crippen molar-refractivity contribution in [2.75, 3.05) is 19.8 Å². The van der Waals surface area contributed by atoms with Gasteiger partial charge in [0.25, 0.3) is 8.32 Å². The highest BCUT2D eigenvalue weighted by molar-refractivity contribution is 6.99. The lowest BCUT2D eigenvalue weighted by Crippen LogP contribution is -2.68. The number of carbonyl (C=O) groups excluding carboxylic acids is 1. The smallest absolute Gasteiger partial charge is 0.261 e. The van der Waals surface area contributed by atoms with E-state index in [1.165, 1.54) is 10.4 Å². The molecule has 0 unspecified atom stereocenters. The molecule has 0 spiro atoms. The molecule has 5 heteroatoms. The lowest BCUT2D eigenvalue weighted by Gasteiger charge is -2.44. The Hall–Kier alpha value is -1.95. The molecule has 0 aromatic heterocycles. The average molecular weight is 396 g/mol. The first-order valence-electron chi connectivity index (χ1n) is 10.1. The molecule has 0 aliphatic carbocycles. The summed E-state index contributed by atoms with van der Waals surface area (Å²) in [5, 5.41) is 2.43. The summed E-state index contributed by atoms with van der Waals surface area (Å²) in [5.41, 5.74) is 0. The number of hydrogen-bond acceptors (Lipinski definition) is 3. The topological polar surface area (TPSA) is 38.8 Å². The van der Waals surface area contributed by atoms with Crippen molar-refractivity contribution in [3.63, 3.8) is 0 Å². The van der Waals surface area contributed by atoms with Gasteiger partial charge >= 0.3 is 0 Å². The first-order valence-corrected chi connectivity index (χ1v) is 12.0. The van der Waals surface area contributed by atoms with Gasteiger partial charge < -0.3 is 14.1 Å². The molecule has 2 aromatic carbocycles. The number of rotatable bonds is 5. The number of carbonyl (C=O) groups is 1. The predicted molar refractivity (Wildman–Crippen MR) is 113 cm³/mol. The van der Waals surface area contributed by atoms with Crippen LogP contribution in [-0.4, -0.2) is 51.0 Å². The second-order valence-electron chi connectivity index (χ2n) is 8.84. The SMILES string of the molecule is CC(C)(C)[Si](O[C@@H]1CC(=O)N(C2COC2)C1)(c1ccccc1)c1ccccc1. The highest BCUT2D eigenvalue weighted by atomic mass is 28.4. The summed E-state index contributed by atoms with van der Waals surface area (Å²) in [6.45, 7) is 8.78. The Kier molecular flexibility index (Phi) is 5.16. The number of likely N-dealkylation sites (tertiary alicyclic amines) is 1. The van der Waals surface area contributed by atoms with Crippen molar-refractivity contribution in [2.24, 2.45) is 0 Å². The normalized spacial score (nSPS) is 21.0. The maximum Gasteiger partial charge on any atom is 0.261 e. The molecular formula is C23H29NO3Si. The highest BCUT2D eigenvalue weighted by Crippen LogP contribution is 2.38. The molecule has 0 N–H and O–H groups in total. The molecule has 1 amide bonds. The maximum absolute atomic E-state index is 12.6. The molecule has 4 nitrogen and oxygen atoms in total. The molecule has 0 radical (unpaired) electrons. The van der Waals surface area contributed by atoms with Crippen LogP contribution in [-0.2, 0) is 14.0 Å². The molecule has 2 aliphatic rings. The molecular weight excluding hydrogens is 366 g/mol. The van der Waals surface area contributed by atoms with Crippen LogP contribution in [0.1, 0.15) is 27.2 Å². The number of benzene rings is 2. The van der Waals surface area contributed by atoms with Crippen molar-refractivity contribution in [2.45, 2.75) is 44.4 Å². The summed E-state index contributed by atoms with van der Waals surface area (Å²) in [7, 11) is -2.61. The van der Waals surface area contributed by atoms with E-state index in [0.717, 1.165) is 0 Å². The minimum atomic E-state index is -2.61. The fourth-order valence-corrected chi connectivity index (χ4v) is 9.15. The molecule has 148 valence electrons. The van der Waals surface area contributed by atoms with Gasteiger partial charge in [0.05, 0.1) is 31.8 Å². The van der Waals surface area contributed by atoms with E-state index in [1.54, 1.807) is 0 Å². The Labute approximate surface area is 168 Å². The maximum atomic E-state index is 12.6. The summed E-state index contributed by atoms with van der Waals surface area (Å²) < 4.78 is 12.4. The predicted octanol–water partition coefficient (Wildman–Crippen LogP) is 2.56. The van der Waals surface area contributed by atoms with Crippen molar-refractivity contribution in [3.05, 3.63) is 60.7 Å². The highest BCUT2D eigenvalue weighted by Gasteiger charge is 2.53. The van der Waals surface area contributed by atoms with E-state index in [1.807, 2.05) is 17.0 Å². The van der Waals surface area contributed by atoms with Gasteiger partial charge in [-0.1, -0.05) is 81.4 Å². The zero-order valence-electron chi connectivity index (χ0n) is 16.9. The summed E-state index contributed by atoms with van der Waals surface area (Å²) >= 11 is 0. The van der Waals surface area contributed by atoms with Crippen molar-refractivity contribution >= 4 is 24.6 Å². The Bertz CT molecular complexity index is 775. The quantitative estimate of drug-likeness (QED) is 0.731. The molecule has 0 bridgehead atoms. The minimum Gasteiger partial charge on any atom is -0.402 e. The van der Waals surface area contributed by atoms with E-state index in [-0.39, 0.29) is 23.1 Å². The third kappa shape index (κ3) is 3.32. The van der Waals surface area contributed by atoms with Crippen LogP contribution in [0.2, 0.25) is 5.04 Å². The standard InChI is InChI=1S/C23H29NO3Si/c1-23(2,3)28(20-10-6-4-7-11-20,21-12-8-5-9-13-21)27-19-14-22(25)24(15-19)18-16-26-17-18/h4-13,18-19H,14-17H2,1-3H3/t19-/m1/s1. The summed E-state index contributed by atoms with van der Waals surface area (Å²) in [4.78, 5) is 14.6. The second kappa shape index (κ2) is 7.47. The van der Waals surface area contributed by atoms with Crippen molar-refractivity contribution < 1.29 is 14.0 Å². The van der Waals surface area contributed by atoms with Gasteiger partial charge in [-0.2, -0.15) is 0 Å². The first kappa shape index (κ1) is 19.4. The van der Waals surface area contributed by atoms with Gasteiger partial charge in [-0.25, -0.2) is 0 Å². The van der Waals surface area contributed by atoms with Crippen LogP contribution in [0.4, 0.5) is 0 Å². The Morgan fingerprint density at radius 1 is 0.964 bits per heavy atom.